The number of nitrogens with zero attached hydrogens (tertiary/aromatic N) is 1. The van der Waals surface area contributed by atoms with Gasteiger partial charge in [-0.15, -0.1) is 0 Å². The second kappa shape index (κ2) is 32.5. The Kier molecular flexibility index (Phi) is 31.9. The van der Waals surface area contributed by atoms with E-state index in [0.717, 1.165) is 6.42 Å². The number of rotatable bonds is 31. The Morgan fingerprint density at radius 3 is 0.816 bits per heavy atom. The van der Waals surface area contributed by atoms with E-state index >= 15 is 0 Å². The number of amides is 1. The largest absolute Gasteiger partial charge is 0.449 e. The van der Waals surface area contributed by atoms with E-state index in [4.69, 9.17) is 4.74 Å². The van der Waals surface area contributed by atoms with E-state index in [1.165, 1.54) is 191 Å². The molecule has 0 heterocycles. The highest BCUT2D eigenvalue weighted by Crippen LogP contribution is 2.16. The molecule has 0 atom stereocenters. The van der Waals surface area contributed by atoms with Crippen LogP contribution in [0.5, 0.6) is 0 Å². The SMILES string of the molecule is CCCCCCCCCCCCCCCCCCCCCCCCCCCCCCCCOC(=O)N(C)C. The first kappa shape index (κ1) is 37.3. The van der Waals surface area contributed by atoms with Crippen LogP contribution in [0.2, 0.25) is 0 Å². The smallest absolute Gasteiger partial charge is 0.409 e. The third kappa shape index (κ3) is 31.5. The predicted octanol–water partition coefficient (Wildman–Crippen LogP) is 12.4. The standard InChI is InChI=1S/C35H71NO2/c1-4-5-6-7-8-9-10-11-12-13-14-15-16-17-18-19-20-21-22-23-24-25-26-27-28-29-30-31-32-33-34-38-35(37)36(2)3/h4-34H2,1-3H3. The third-order valence-electron chi connectivity index (χ3n) is 8.09. The molecule has 0 aromatic carbocycles. The molecule has 0 N–H and O–H groups in total. The van der Waals surface area contributed by atoms with Crippen molar-refractivity contribution in [1.82, 2.24) is 4.90 Å². The zero-order valence-electron chi connectivity index (χ0n) is 26.7. The van der Waals surface area contributed by atoms with Crippen LogP contribution in [0.4, 0.5) is 4.79 Å². The molecule has 3 heteroatoms. The van der Waals surface area contributed by atoms with Crippen LogP contribution in [0, 0.1) is 0 Å². The number of carbonyl (C=O) groups is 1. The first-order valence-corrected chi connectivity index (χ1v) is 17.5. The highest BCUT2D eigenvalue weighted by Gasteiger charge is 2.03. The molecule has 0 bridgehead atoms. The van der Waals surface area contributed by atoms with Gasteiger partial charge in [0.25, 0.3) is 0 Å². The van der Waals surface area contributed by atoms with Gasteiger partial charge in [-0.3, -0.25) is 0 Å². The molecule has 0 aliphatic rings. The van der Waals surface area contributed by atoms with Crippen LogP contribution in [-0.4, -0.2) is 31.7 Å². The minimum atomic E-state index is -0.222. The summed E-state index contributed by atoms with van der Waals surface area (Å²) in [4.78, 5) is 12.8. The van der Waals surface area contributed by atoms with Gasteiger partial charge < -0.3 is 9.64 Å². The van der Waals surface area contributed by atoms with Crippen LogP contribution >= 0.6 is 0 Å². The minimum absolute atomic E-state index is 0.222. The summed E-state index contributed by atoms with van der Waals surface area (Å²) in [5, 5.41) is 0. The number of unbranched alkanes of at least 4 members (excludes halogenated alkanes) is 29. The van der Waals surface area contributed by atoms with Crippen LogP contribution in [0.1, 0.15) is 200 Å². The van der Waals surface area contributed by atoms with Crippen LogP contribution < -0.4 is 0 Å². The van der Waals surface area contributed by atoms with Crippen LogP contribution in [0.15, 0.2) is 0 Å². The van der Waals surface area contributed by atoms with Gasteiger partial charge in [-0.25, -0.2) is 4.79 Å². The van der Waals surface area contributed by atoms with Gasteiger partial charge in [0.2, 0.25) is 0 Å². The van der Waals surface area contributed by atoms with Crippen molar-refractivity contribution in [3.63, 3.8) is 0 Å². The van der Waals surface area contributed by atoms with Crippen molar-refractivity contribution < 1.29 is 9.53 Å². The topological polar surface area (TPSA) is 29.5 Å². The fraction of sp³-hybridized carbons (Fsp3) is 0.971. The second-order valence-electron chi connectivity index (χ2n) is 12.3. The van der Waals surface area contributed by atoms with Gasteiger partial charge in [-0.05, 0) is 6.42 Å². The molecule has 0 aliphatic heterocycles. The molecule has 3 nitrogen and oxygen atoms in total. The zero-order valence-corrected chi connectivity index (χ0v) is 26.7. The van der Waals surface area contributed by atoms with Crippen LogP contribution in [-0.2, 0) is 4.74 Å². The van der Waals surface area contributed by atoms with Crippen molar-refractivity contribution in [1.29, 1.82) is 0 Å². The highest BCUT2D eigenvalue weighted by molar-refractivity contribution is 5.66. The molecule has 0 unspecified atom stereocenters. The molecule has 38 heavy (non-hydrogen) atoms. The lowest BCUT2D eigenvalue weighted by Crippen LogP contribution is -2.23. The summed E-state index contributed by atoms with van der Waals surface area (Å²) in [7, 11) is 3.45. The molecule has 0 aliphatic carbocycles. The molecule has 0 aromatic heterocycles. The zero-order chi connectivity index (χ0) is 27.8. The molecule has 228 valence electrons. The van der Waals surface area contributed by atoms with Crippen LogP contribution in [0.25, 0.3) is 0 Å². The predicted molar refractivity (Wildman–Crippen MR) is 169 cm³/mol. The molecular weight excluding hydrogens is 466 g/mol. The average molecular weight is 538 g/mol. The fourth-order valence-electron chi connectivity index (χ4n) is 5.41. The average Bonchev–Trinajstić information content (AvgIpc) is 2.91. The van der Waals surface area contributed by atoms with Crippen molar-refractivity contribution in [2.24, 2.45) is 0 Å². The summed E-state index contributed by atoms with van der Waals surface area (Å²) in [6.07, 6.45) is 42.4. The number of ether oxygens (including phenoxy) is 1. The van der Waals surface area contributed by atoms with Gasteiger partial charge >= 0.3 is 6.09 Å². The monoisotopic (exact) mass is 538 g/mol. The maximum Gasteiger partial charge on any atom is 0.409 e. The van der Waals surface area contributed by atoms with E-state index in [0.29, 0.717) is 6.61 Å². The van der Waals surface area contributed by atoms with Gasteiger partial charge in [-0.2, -0.15) is 0 Å². The summed E-state index contributed by atoms with van der Waals surface area (Å²) in [5.74, 6) is 0. The summed E-state index contributed by atoms with van der Waals surface area (Å²) < 4.78 is 5.15. The normalized spacial score (nSPS) is 11.2. The fourth-order valence-corrected chi connectivity index (χ4v) is 5.41. The van der Waals surface area contributed by atoms with Gasteiger partial charge in [0.15, 0.2) is 0 Å². The Morgan fingerprint density at radius 2 is 0.605 bits per heavy atom. The molecular formula is C35H71NO2. The molecule has 1 amide bonds. The Labute approximate surface area is 240 Å². The Morgan fingerprint density at radius 1 is 0.395 bits per heavy atom. The van der Waals surface area contributed by atoms with Gasteiger partial charge in [0.1, 0.15) is 0 Å². The summed E-state index contributed by atoms with van der Waals surface area (Å²) in [6, 6.07) is 0. The molecule has 0 radical (unpaired) electrons. The van der Waals surface area contributed by atoms with Crippen molar-refractivity contribution in [2.45, 2.75) is 200 Å². The minimum Gasteiger partial charge on any atom is -0.449 e. The molecule has 0 fully saturated rings. The maximum absolute atomic E-state index is 11.3. The molecule has 0 aromatic rings. The third-order valence-corrected chi connectivity index (χ3v) is 8.09. The van der Waals surface area contributed by atoms with E-state index in [1.54, 1.807) is 14.1 Å². The lowest BCUT2D eigenvalue weighted by molar-refractivity contribution is 0.116. The van der Waals surface area contributed by atoms with Crippen molar-refractivity contribution in [3.8, 4) is 0 Å². The van der Waals surface area contributed by atoms with Crippen LogP contribution in [0.3, 0.4) is 0 Å². The summed E-state index contributed by atoms with van der Waals surface area (Å²) >= 11 is 0. The summed E-state index contributed by atoms with van der Waals surface area (Å²) in [6.45, 7) is 2.87. The van der Waals surface area contributed by atoms with Crippen molar-refractivity contribution in [2.75, 3.05) is 20.7 Å². The lowest BCUT2D eigenvalue weighted by atomic mass is 10.0. The van der Waals surface area contributed by atoms with E-state index in [-0.39, 0.29) is 6.09 Å². The molecule has 0 saturated heterocycles. The highest BCUT2D eigenvalue weighted by atomic mass is 16.6. The van der Waals surface area contributed by atoms with Gasteiger partial charge in [-0.1, -0.05) is 193 Å². The Balaban J connectivity index is 3.05. The molecule has 0 rings (SSSR count). The van der Waals surface area contributed by atoms with E-state index in [1.807, 2.05) is 0 Å². The number of hydrogen-bond acceptors (Lipinski definition) is 2. The van der Waals surface area contributed by atoms with E-state index < -0.39 is 0 Å². The molecule has 0 spiro atoms. The quantitative estimate of drug-likeness (QED) is 0.0823. The van der Waals surface area contributed by atoms with E-state index in [2.05, 4.69) is 6.92 Å². The van der Waals surface area contributed by atoms with Gasteiger partial charge in [0.05, 0.1) is 6.61 Å². The summed E-state index contributed by atoms with van der Waals surface area (Å²) in [5.41, 5.74) is 0. The Bertz CT molecular complexity index is 451. The molecule has 0 saturated carbocycles. The maximum atomic E-state index is 11.3. The lowest BCUT2D eigenvalue weighted by Gasteiger charge is -2.10. The number of hydrogen-bond donors (Lipinski definition) is 0. The van der Waals surface area contributed by atoms with Crippen molar-refractivity contribution >= 4 is 6.09 Å². The number of carbonyl (C=O) groups excluding carboxylic acids is 1. The van der Waals surface area contributed by atoms with Crippen molar-refractivity contribution in [3.05, 3.63) is 0 Å². The second-order valence-corrected chi connectivity index (χ2v) is 12.3. The first-order valence-electron chi connectivity index (χ1n) is 17.5. The Hall–Kier alpha value is -0.730. The van der Waals surface area contributed by atoms with E-state index in [9.17, 15) is 4.79 Å². The first-order chi connectivity index (χ1) is 18.7. The van der Waals surface area contributed by atoms with Gasteiger partial charge in [0, 0.05) is 14.1 Å².